The van der Waals surface area contributed by atoms with Crippen LogP contribution in [0.25, 0.3) is 0 Å². The number of carbonyl (C=O) groups excluding carboxylic acids is 1. The van der Waals surface area contributed by atoms with Gasteiger partial charge in [-0.25, -0.2) is 0 Å². The van der Waals surface area contributed by atoms with Crippen molar-refractivity contribution in [2.45, 2.75) is 38.0 Å². The van der Waals surface area contributed by atoms with Crippen LogP contribution in [0, 0.1) is 0 Å². The Morgan fingerprint density at radius 3 is 2.47 bits per heavy atom. The first kappa shape index (κ1) is 10.7. The minimum atomic E-state index is -0.101. The van der Waals surface area contributed by atoms with Crippen LogP contribution in [0.15, 0.2) is 24.3 Å². The number of hydrogen-bond donors (Lipinski definition) is 1. The summed E-state index contributed by atoms with van der Waals surface area (Å²) in [6.45, 7) is 0. The molecule has 15 heavy (non-hydrogen) atoms. The molecule has 1 saturated carbocycles. The van der Waals surface area contributed by atoms with Crippen LogP contribution in [0.3, 0.4) is 0 Å². The maximum atomic E-state index is 11.4. The topological polar surface area (TPSA) is 17.1 Å². The van der Waals surface area contributed by atoms with Crippen molar-refractivity contribution in [1.82, 2.24) is 0 Å². The van der Waals surface area contributed by atoms with E-state index >= 15 is 0 Å². The Labute approximate surface area is 96.3 Å². The van der Waals surface area contributed by atoms with E-state index in [1.54, 1.807) is 0 Å². The standard InChI is InChI=1S/C13H16OS/c14-13(15)12-9-5-4-8-11(12)10-6-2-1-3-7-10/h4-5,8-10H,1-3,6-7H2,(H,14,15). The van der Waals surface area contributed by atoms with Crippen molar-refractivity contribution in [3.8, 4) is 0 Å². The van der Waals surface area contributed by atoms with Crippen LogP contribution in [0.2, 0.25) is 0 Å². The summed E-state index contributed by atoms with van der Waals surface area (Å²) < 4.78 is 0. The van der Waals surface area contributed by atoms with Gasteiger partial charge in [0.15, 0.2) is 0 Å². The maximum absolute atomic E-state index is 11.4. The normalized spacial score (nSPS) is 17.7. The molecule has 1 aromatic rings. The van der Waals surface area contributed by atoms with Crippen LogP contribution in [0.4, 0.5) is 0 Å². The molecule has 80 valence electrons. The van der Waals surface area contributed by atoms with E-state index in [1.165, 1.54) is 37.7 Å². The van der Waals surface area contributed by atoms with Gasteiger partial charge in [0.1, 0.15) is 0 Å². The van der Waals surface area contributed by atoms with Gasteiger partial charge in [0.25, 0.3) is 0 Å². The van der Waals surface area contributed by atoms with Gasteiger partial charge in [0, 0.05) is 5.56 Å². The Hall–Kier alpha value is -0.760. The van der Waals surface area contributed by atoms with Crippen molar-refractivity contribution in [2.24, 2.45) is 0 Å². The Balaban J connectivity index is 2.29. The highest BCUT2D eigenvalue weighted by atomic mass is 32.1. The summed E-state index contributed by atoms with van der Waals surface area (Å²) in [4.78, 5) is 11.4. The van der Waals surface area contributed by atoms with Crippen LogP contribution in [-0.2, 0) is 0 Å². The van der Waals surface area contributed by atoms with Gasteiger partial charge in [-0.05, 0) is 24.3 Å². The van der Waals surface area contributed by atoms with E-state index in [2.05, 4.69) is 18.7 Å². The van der Waals surface area contributed by atoms with Crippen molar-refractivity contribution >= 4 is 17.7 Å². The van der Waals surface area contributed by atoms with E-state index in [0.717, 1.165) is 5.56 Å². The van der Waals surface area contributed by atoms with Gasteiger partial charge >= 0.3 is 0 Å². The lowest BCUT2D eigenvalue weighted by atomic mass is 9.82. The summed E-state index contributed by atoms with van der Waals surface area (Å²) in [6.07, 6.45) is 6.36. The summed E-state index contributed by atoms with van der Waals surface area (Å²) in [6, 6.07) is 7.90. The lowest BCUT2D eigenvalue weighted by molar-refractivity contribution is 0.109. The molecule has 1 fully saturated rings. The van der Waals surface area contributed by atoms with Gasteiger partial charge in [-0.3, -0.25) is 4.79 Å². The summed E-state index contributed by atoms with van der Waals surface area (Å²) in [5, 5.41) is -0.101. The maximum Gasteiger partial charge on any atom is 0.216 e. The van der Waals surface area contributed by atoms with Crippen LogP contribution in [0.5, 0.6) is 0 Å². The van der Waals surface area contributed by atoms with Gasteiger partial charge in [-0.2, -0.15) is 0 Å². The van der Waals surface area contributed by atoms with E-state index < -0.39 is 0 Å². The Morgan fingerprint density at radius 1 is 1.13 bits per heavy atom. The van der Waals surface area contributed by atoms with Crippen LogP contribution in [0.1, 0.15) is 53.9 Å². The third-order valence-corrected chi connectivity index (χ3v) is 3.48. The molecule has 1 aliphatic rings. The molecule has 1 aromatic carbocycles. The summed E-state index contributed by atoms with van der Waals surface area (Å²) >= 11 is 3.94. The second kappa shape index (κ2) is 4.84. The monoisotopic (exact) mass is 220 g/mol. The first-order chi connectivity index (χ1) is 7.29. The minimum absolute atomic E-state index is 0.101. The number of thiol groups is 1. The van der Waals surface area contributed by atoms with Crippen molar-refractivity contribution < 1.29 is 4.79 Å². The van der Waals surface area contributed by atoms with Gasteiger partial charge in [-0.1, -0.05) is 43.5 Å². The van der Waals surface area contributed by atoms with Gasteiger partial charge in [0.2, 0.25) is 5.12 Å². The summed E-state index contributed by atoms with van der Waals surface area (Å²) in [5.41, 5.74) is 2.00. The van der Waals surface area contributed by atoms with Gasteiger partial charge < -0.3 is 0 Å². The molecule has 0 bridgehead atoms. The van der Waals surface area contributed by atoms with E-state index in [4.69, 9.17) is 0 Å². The number of benzene rings is 1. The molecule has 0 aromatic heterocycles. The second-order valence-corrected chi connectivity index (χ2v) is 4.63. The highest BCUT2D eigenvalue weighted by molar-refractivity contribution is 7.97. The lowest BCUT2D eigenvalue weighted by Crippen LogP contribution is -2.08. The van der Waals surface area contributed by atoms with Crippen LogP contribution in [-0.4, -0.2) is 5.12 Å². The molecule has 0 unspecified atom stereocenters. The Kier molecular flexibility index (Phi) is 3.47. The lowest BCUT2D eigenvalue weighted by Gasteiger charge is -2.23. The van der Waals surface area contributed by atoms with Crippen LogP contribution >= 0.6 is 12.6 Å². The molecular formula is C13H16OS. The fourth-order valence-electron chi connectivity index (χ4n) is 2.46. The zero-order valence-electron chi connectivity index (χ0n) is 8.78. The zero-order chi connectivity index (χ0) is 10.7. The molecule has 2 rings (SSSR count). The highest BCUT2D eigenvalue weighted by Crippen LogP contribution is 2.34. The molecule has 0 heterocycles. The predicted molar refractivity (Wildman–Crippen MR) is 65.6 cm³/mol. The smallest absolute Gasteiger partial charge is 0.216 e. The quantitative estimate of drug-likeness (QED) is 0.750. The van der Waals surface area contributed by atoms with Gasteiger partial charge in [0.05, 0.1) is 0 Å². The molecule has 0 aliphatic heterocycles. The van der Waals surface area contributed by atoms with E-state index in [-0.39, 0.29) is 5.12 Å². The molecule has 0 N–H and O–H groups in total. The second-order valence-electron chi connectivity index (χ2n) is 4.23. The Bertz CT molecular complexity index is 353. The molecule has 0 saturated heterocycles. The van der Waals surface area contributed by atoms with Crippen molar-refractivity contribution in [3.63, 3.8) is 0 Å². The van der Waals surface area contributed by atoms with Crippen molar-refractivity contribution in [2.75, 3.05) is 0 Å². The molecule has 1 nitrogen and oxygen atoms in total. The average Bonchev–Trinajstić information content (AvgIpc) is 2.30. The fourth-order valence-corrected chi connectivity index (χ4v) is 2.66. The molecule has 2 heteroatoms. The third-order valence-electron chi connectivity index (χ3n) is 3.24. The van der Waals surface area contributed by atoms with E-state index in [0.29, 0.717) is 5.92 Å². The minimum Gasteiger partial charge on any atom is -0.282 e. The average molecular weight is 220 g/mol. The van der Waals surface area contributed by atoms with Gasteiger partial charge in [-0.15, -0.1) is 12.6 Å². The Morgan fingerprint density at radius 2 is 1.80 bits per heavy atom. The number of rotatable bonds is 2. The van der Waals surface area contributed by atoms with Crippen LogP contribution < -0.4 is 0 Å². The highest BCUT2D eigenvalue weighted by Gasteiger charge is 2.19. The molecule has 0 atom stereocenters. The molecule has 0 amide bonds. The molecule has 1 aliphatic carbocycles. The number of carbonyl (C=O) groups is 1. The SMILES string of the molecule is O=C(S)c1ccccc1C1CCCCC1. The third kappa shape index (κ3) is 2.43. The molecule has 0 radical (unpaired) electrons. The van der Waals surface area contributed by atoms with Crippen molar-refractivity contribution in [3.05, 3.63) is 35.4 Å². The first-order valence-corrected chi connectivity index (χ1v) is 6.06. The number of hydrogen-bond acceptors (Lipinski definition) is 1. The van der Waals surface area contributed by atoms with E-state index in [9.17, 15) is 4.79 Å². The predicted octanol–water partition coefficient (Wildman–Crippen LogP) is 3.80. The zero-order valence-corrected chi connectivity index (χ0v) is 9.67. The van der Waals surface area contributed by atoms with E-state index in [1.807, 2.05) is 18.2 Å². The fraction of sp³-hybridized carbons (Fsp3) is 0.462. The van der Waals surface area contributed by atoms with Crippen molar-refractivity contribution in [1.29, 1.82) is 0 Å². The molecule has 0 spiro atoms. The molecular weight excluding hydrogens is 204 g/mol. The summed E-state index contributed by atoms with van der Waals surface area (Å²) in [7, 11) is 0. The summed E-state index contributed by atoms with van der Waals surface area (Å²) in [5.74, 6) is 0.575. The first-order valence-electron chi connectivity index (χ1n) is 5.61. The largest absolute Gasteiger partial charge is 0.282 e.